The number of amides is 2. The van der Waals surface area contributed by atoms with Crippen LogP contribution in [-0.2, 0) is 9.59 Å². The van der Waals surface area contributed by atoms with Gasteiger partial charge in [-0.25, -0.2) is 4.39 Å². The Morgan fingerprint density at radius 1 is 1.12 bits per heavy atom. The molecule has 25 heavy (non-hydrogen) atoms. The molecule has 2 aromatic rings. The van der Waals surface area contributed by atoms with E-state index in [0.717, 1.165) is 5.56 Å². The first-order valence-corrected chi connectivity index (χ1v) is 8.05. The molecule has 0 aromatic heterocycles. The van der Waals surface area contributed by atoms with Crippen LogP contribution in [0.1, 0.15) is 30.0 Å². The second-order valence-corrected chi connectivity index (χ2v) is 5.74. The Bertz CT molecular complexity index is 735. The van der Waals surface area contributed by atoms with Gasteiger partial charge in [-0.2, -0.15) is 0 Å². The summed E-state index contributed by atoms with van der Waals surface area (Å²) >= 11 is 0. The lowest BCUT2D eigenvalue weighted by Crippen LogP contribution is -2.38. The van der Waals surface area contributed by atoms with Crippen molar-refractivity contribution in [2.75, 3.05) is 11.9 Å². The molecule has 0 aliphatic rings. The Labute approximate surface area is 145 Å². The second-order valence-electron chi connectivity index (χ2n) is 5.74. The molecule has 0 aliphatic heterocycles. The molecular formula is C19H21FN2O3. The van der Waals surface area contributed by atoms with E-state index in [9.17, 15) is 14.0 Å². The SMILES string of the molecule is Cc1ccc(NC(=O)C(=O)NC(CCCO)c2ccccc2)c(F)c1. The average Bonchev–Trinajstić information content (AvgIpc) is 2.61. The summed E-state index contributed by atoms with van der Waals surface area (Å²) in [5.41, 5.74) is 1.50. The van der Waals surface area contributed by atoms with E-state index in [1.54, 1.807) is 13.0 Å². The van der Waals surface area contributed by atoms with Gasteiger partial charge in [0, 0.05) is 6.61 Å². The molecule has 0 aliphatic carbocycles. The Morgan fingerprint density at radius 2 is 1.84 bits per heavy atom. The zero-order valence-corrected chi connectivity index (χ0v) is 14.0. The number of anilines is 1. The fourth-order valence-electron chi connectivity index (χ4n) is 2.43. The van der Waals surface area contributed by atoms with Crippen LogP contribution in [0.4, 0.5) is 10.1 Å². The van der Waals surface area contributed by atoms with Crippen molar-refractivity contribution in [1.82, 2.24) is 5.32 Å². The van der Waals surface area contributed by atoms with Gasteiger partial charge in [0.2, 0.25) is 0 Å². The van der Waals surface area contributed by atoms with E-state index in [1.807, 2.05) is 30.3 Å². The summed E-state index contributed by atoms with van der Waals surface area (Å²) in [7, 11) is 0. The number of halogens is 1. The van der Waals surface area contributed by atoms with E-state index < -0.39 is 23.7 Å². The van der Waals surface area contributed by atoms with Crippen molar-refractivity contribution in [2.24, 2.45) is 0 Å². The van der Waals surface area contributed by atoms with E-state index in [2.05, 4.69) is 10.6 Å². The summed E-state index contributed by atoms with van der Waals surface area (Å²) in [5.74, 6) is -2.39. The molecule has 2 rings (SSSR count). The maximum Gasteiger partial charge on any atom is 0.313 e. The predicted octanol–water partition coefficient (Wildman–Crippen LogP) is 2.70. The highest BCUT2D eigenvalue weighted by atomic mass is 19.1. The number of carbonyl (C=O) groups excluding carboxylic acids is 2. The smallest absolute Gasteiger partial charge is 0.313 e. The molecule has 0 radical (unpaired) electrons. The van der Waals surface area contributed by atoms with Crippen molar-refractivity contribution in [3.63, 3.8) is 0 Å². The maximum atomic E-state index is 13.8. The number of benzene rings is 2. The molecule has 132 valence electrons. The molecule has 1 unspecified atom stereocenters. The molecule has 5 nitrogen and oxygen atoms in total. The third-order valence-electron chi connectivity index (χ3n) is 3.74. The number of carbonyl (C=O) groups is 2. The van der Waals surface area contributed by atoms with Crippen LogP contribution in [0.5, 0.6) is 0 Å². The molecule has 1 atom stereocenters. The van der Waals surface area contributed by atoms with E-state index in [1.165, 1.54) is 12.1 Å². The summed E-state index contributed by atoms with van der Waals surface area (Å²) in [5, 5.41) is 13.9. The molecule has 0 saturated carbocycles. The lowest BCUT2D eigenvalue weighted by atomic mass is 10.0. The highest BCUT2D eigenvalue weighted by Crippen LogP contribution is 2.19. The molecule has 3 N–H and O–H groups in total. The van der Waals surface area contributed by atoms with Crippen LogP contribution in [0.25, 0.3) is 0 Å². The van der Waals surface area contributed by atoms with Gasteiger partial charge in [-0.15, -0.1) is 0 Å². The van der Waals surface area contributed by atoms with Crippen LogP contribution in [0.2, 0.25) is 0 Å². The minimum absolute atomic E-state index is 0.0139. The van der Waals surface area contributed by atoms with Gasteiger partial charge in [0.15, 0.2) is 0 Å². The minimum Gasteiger partial charge on any atom is -0.396 e. The minimum atomic E-state index is -0.937. The van der Waals surface area contributed by atoms with Crippen LogP contribution >= 0.6 is 0 Å². The monoisotopic (exact) mass is 344 g/mol. The van der Waals surface area contributed by atoms with Gasteiger partial charge in [-0.1, -0.05) is 36.4 Å². The van der Waals surface area contributed by atoms with Gasteiger partial charge in [-0.3, -0.25) is 9.59 Å². The van der Waals surface area contributed by atoms with Crippen molar-refractivity contribution in [2.45, 2.75) is 25.8 Å². The van der Waals surface area contributed by atoms with E-state index >= 15 is 0 Å². The number of nitrogens with one attached hydrogen (secondary N) is 2. The van der Waals surface area contributed by atoms with Crippen molar-refractivity contribution in [3.05, 3.63) is 65.5 Å². The zero-order chi connectivity index (χ0) is 18.2. The van der Waals surface area contributed by atoms with Gasteiger partial charge in [-0.05, 0) is 43.0 Å². The van der Waals surface area contributed by atoms with Crippen molar-refractivity contribution >= 4 is 17.5 Å². The molecule has 0 fully saturated rings. The van der Waals surface area contributed by atoms with Crippen LogP contribution in [0.3, 0.4) is 0 Å². The fraction of sp³-hybridized carbons (Fsp3) is 0.263. The van der Waals surface area contributed by atoms with Crippen LogP contribution in [0.15, 0.2) is 48.5 Å². The average molecular weight is 344 g/mol. The third-order valence-corrected chi connectivity index (χ3v) is 3.74. The molecule has 0 heterocycles. The fourth-order valence-corrected chi connectivity index (χ4v) is 2.43. The Morgan fingerprint density at radius 3 is 2.48 bits per heavy atom. The van der Waals surface area contributed by atoms with Crippen molar-refractivity contribution < 1.29 is 19.1 Å². The topological polar surface area (TPSA) is 78.4 Å². The van der Waals surface area contributed by atoms with Crippen LogP contribution < -0.4 is 10.6 Å². The number of aliphatic hydroxyl groups excluding tert-OH is 1. The van der Waals surface area contributed by atoms with E-state index in [4.69, 9.17) is 5.11 Å². The summed E-state index contributed by atoms with van der Waals surface area (Å²) in [4.78, 5) is 24.2. The first-order valence-electron chi connectivity index (χ1n) is 8.05. The second kappa shape index (κ2) is 8.94. The van der Waals surface area contributed by atoms with Crippen molar-refractivity contribution in [3.8, 4) is 0 Å². The van der Waals surface area contributed by atoms with Gasteiger partial charge >= 0.3 is 11.8 Å². The molecule has 0 spiro atoms. The summed E-state index contributed by atoms with van der Waals surface area (Å²) in [6.07, 6.45) is 0.965. The molecule has 2 amide bonds. The quantitative estimate of drug-likeness (QED) is 0.705. The first-order chi connectivity index (χ1) is 12.0. The number of aliphatic hydroxyl groups is 1. The van der Waals surface area contributed by atoms with Crippen LogP contribution in [0, 0.1) is 12.7 Å². The van der Waals surface area contributed by atoms with Gasteiger partial charge in [0.25, 0.3) is 0 Å². The summed E-state index contributed by atoms with van der Waals surface area (Å²) in [6, 6.07) is 13.1. The largest absolute Gasteiger partial charge is 0.396 e. The highest BCUT2D eigenvalue weighted by molar-refractivity contribution is 6.39. The predicted molar refractivity (Wildman–Crippen MR) is 93.4 cm³/mol. The first kappa shape index (κ1) is 18.6. The Balaban J connectivity index is 2.05. The molecule has 2 aromatic carbocycles. The number of hydrogen-bond acceptors (Lipinski definition) is 3. The van der Waals surface area contributed by atoms with E-state index in [-0.39, 0.29) is 12.3 Å². The third kappa shape index (κ3) is 5.39. The highest BCUT2D eigenvalue weighted by Gasteiger charge is 2.20. The molecule has 6 heteroatoms. The standard InChI is InChI=1S/C19H21FN2O3/c1-13-9-10-17(15(20)12-13)22-19(25)18(24)21-16(8-5-11-23)14-6-3-2-4-7-14/h2-4,6-7,9-10,12,16,23H,5,8,11H2,1H3,(H,21,24)(H,22,25). The molecule has 0 bridgehead atoms. The summed E-state index contributed by atoms with van der Waals surface area (Å²) < 4.78 is 13.8. The van der Waals surface area contributed by atoms with Crippen molar-refractivity contribution in [1.29, 1.82) is 0 Å². The number of hydrogen-bond donors (Lipinski definition) is 3. The van der Waals surface area contributed by atoms with Gasteiger partial charge < -0.3 is 15.7 Å². The lowest BCUT2D eigenvalue weighted by molar-refractivity contribution is -0.136. The zero-order valence-electron chi connectivity index (χ0n) is 14.0. The Kier molecular flexibility index (Phi) is 6.65. The molecular weight excluding hydrogens is 323 g/mol. The normalized spacial score (nSPS) is 11.6. The van der Waals surface area contributed by atoms with E-state index in [0.29, 0.717) is 18.4 Å². The lowest BCUT2D eigenvalue weighted by Gasteiger charge is -2.18. The summed E-state index contributed by atoms with van der Waals surface area (Å²) in [6.45, 7) is 1.72. The van der Waals surface area contributed by atoms with Crippen LogP contribution in [-0.4, -0.2) is 23.5 Å². The van der Waals surface area contributed by atoms with Gasteiger partial charge in [0.1, 0.15) is 5.82 Å². The number of rotatable bonds is 6. The molecule has 0 saturated heterocycles. The maximum absolute atomic E-state index is 13.8. The van der Waals surface area contributed by atoms with Gasteiger partial charge in [0.05, 0.1) is 11.7 Å². The number of aryl methyl sites for hydroxylation is 1. The Hall–Kier alpha value is -2.73.